The SMILES string of the molecule is COC(=O)c1ccccc1NC(=O)c1csc2c1CC[C@@H](C)C2. The van der Waals surface area contributed by atoms with Crippen molar-refractivity contribution in [1.82, 2.24) is 0 Å². The molecule has 0 fully saturated rings. The van der Waals surface area contributed by atoms with E-state index in [4.69, 9.17) is 4.74 Å². The van der Waals surface area contributed by atoms with E-state index >= 15 is 0 Å². The molecule has 1 N–H and O–H groups in total. The van der Waals surface area contributed by atoms with Crippen LogP contribution in [0.4, 0.5) is 5.69 Å². The number of nitrogens with one attached hydrogen (secondary N) is 1. The maximum atomic E-state index is 12.6. The summed E-state index contributed by atoms with van der Waals surface area (Å²) < 4.78 is 4.76. The van der Waals surface area contributed by atoms with Crippen LogP contribution in [0.25, 0.3) is 0 Å². The number of methoxy groups -OCH3 is 1. The Balaban J connectivity index is 1.85. The lowest BCUT2D eigenvalue weighted by Gasteiger charge is -2.19. The molecule has 3 rings (SSSR count). The van der Waals surface area contributed by atoms with Gasteiger partial charge in [0.1, 0.15) is 0 Å². The fourth-order valence-electron chi connectivity index (χ4n) is 2.94. The number of fused-ring (bicyclic) bond motifs is 1. The number of benzene rings is 1. The van der Waals surface area contributed by atoms with Gasteiger partial charge in [0, 0.05) is 10.3 Å². The molecule has 1 aliphatic rings. The molecule has 2 aromatic rings. The standard InChI is InChI=1S/C18H19NO3S/c1-11-7-8-12-14(10-23-16(12)9-11)17(20)19-15-6-4-3-5-13(15)18(21)22-2/h3-6,10-11H,7-9H2,1-2H3,(H,19,20)/t11-/m1/s1. The molecule has 1 aliphatic carbocycles. The molecule has 1 atom stereocenters. The maximum Gasteiger partial charge on any atom is 0.339 e. The molecule has 4 nitrogen and oxygen atoms in total. The third-order valence-electron chi connectivity index (χ3n) is 4.23. The van der Waals surface area contributed by atoms with Gasteiger partial charge in [-0.15, -0.1) is 11.3 Å². The van der Waals surface area contributed by atoms with Gasteiger partial charge in [0.15, 0.2) is 0 Å². The summed E-state index contributed by atoms with van der Waals surface area (Å²) in [5.74, 6) is 0.0626. The Kier molecular flexibility index (Phi) is 4.48. The minimum Gasteiger partial charge on any atom is -0.465 e. The first-order valence-electron chi connectivity index (χ1n) is 7.68. The Bertz CT molecular complexity index is 750. The first-order chi connectivity index (χ1) is 11.1. The topological polar surface area (TPSA) is 55.4 Å². The zero-order chi connectivity index (χ0) is 16.4. The molecule has 120 valence electrons. The van der Waals surface area contributed by atoms with Crippen LogP contribution >= 0.6 is 11.3 Å². The molecule has 0 saturated carbocycles. The molecule has 1 aromatic carbocycles. The summed E-state index contributed by atoms with van der Waals surface area (Å²) in [6, 6.07) is 6.89. The molecular formula is C18H19NO3S. The van der Waals surface area contributed by atoms with E-state index in [2.05, 4.69) is 12.2 Å². The number of rotatable bonds is 3. The molecule has 0 radical (unpaired) electrons. The van der Waals surface area contributed by atoms with Crippen molar-refractivity contribution < 1.29 is 14.3 Å². The first-order valence-corrected chi connectivity index (χ1v) is 8.56. The summed E-state index contributed by atoms with van der Waals surface area (Å²) in [7, 11) is 1.33. The van der Waals surface area contributed by atoms with Crippen molar-refractivity contribution >= 4 is 28.9 Å². The number of anilines is 1. The summed E-state index contributed by atoms with van der Waals surface area (Å²) in [4.78, 5) is 25.7. The fraction of sp³-hybridized carbons (Fsp3) is 0.333. The Labute approximate surface area is 139 Å². The Morgan fingerprint density at radius 1 is 1.26 bits per heavy atom. The summed E-state index contributed by atoms with van der Waals surface area (Å²) in [5, 5.41) is 4.79. The smallest absolute Gasteiger partial charge is 0.339 e. The second kappa shape index (κ2) is 6.54. The number of hydrogen-bond acceptors (Lipinski definition) is 4. The van der Waals surface area contributed by atoms with E-state index in [-0.39, 0.29) is 5.91 Å². The Morgan fingerprint density at radius 2 is 2.04 bits per heavy atom. The Morgan fingerprint density at radius 3 is 2.83 bits per heavy atom. The van der Waals surface area contributed by atoms with Crippen molar-refractivity contribution in [1.29, 1.82) is 0 Å². The zero-order valence-electron chi connectivity index (χ0n) is 13.2. The highest BCUT2D eigenvalue weighted by atomic mass is 32.1. The Hall–Kier alpha value is -2.14. The van der Waals surface area contributed by atoms with E-state index in [1.54, 1.807) is 35.6 Å². The third kappa shape index (κ3) is 3.15. The molecule has 0 bridgehead atoms. The van der Waals surface area contributed by atoms with Crippen LogP contribution in [0, 0.1) is 5.92 Å². The number of para-hydroxylation sites is 1. The lowest BCUT2D eigenvalue weighted by molar-refractivity contribution is 0.0602. The average Bonchev–Trinajstić information content (AvgIpc) is 2.97. The molecule has 1 amide bonds. The molecule has 1 aromatic heterocycles. The lowest BCUT2D eigenvalue weighted by Crippen LogP contribution is -2.18. The van der Waals surface area contributed by atoms with Gasteiger partial charge in [-0.05, 0) is 42.9 Å². The second-order valence-corrected chi connectivity index (χ2v) is 6.85. The third-order valence-corrected chi connectivity index (χ3v) is 5.28. The first kappa shape index (κ1) is 15.7. The van der Waals surface area contributed by atoms with Gasteiger partial charge in [0.25, 0.3) is 5.91 Å². The predicted molar refractivity (Wildman–Crippen MR) is 91.2 cm³/mol. The van der Waals surface area contributed by atoms with E-state index in [0.29, 0.717) is 17.2 Å². The normalized spacial score (nSPS) is 16.5. The summed E-state index contributed by atoms with van der Waals surface area (Å²) in [6.45, 7) is 2.25. The predicted octanol–water partition coefficient (Wildman–Crippen LogP) is 3.91. The molecule has 0 aliphatic heterocycles. The molecule has 23 heavy (non-hydrogen) atoms. The maximum absolute atomic E-state index is 12.6. The number of thiophene rings is 1. The second-order valence-electron chi connectivity index (χ2n) is 5.89. The van der Waals surface area contributed by atoms with Gasteiger partial charge >= 0.3 is 5.97 Å². The number of esters is 1. The lowest BCUT2D eigenvalue weighted by atomic mass is 9.88. The summed E-state index contributed by atoms with van der Waals surface area (Å²) >= 11 is 1.66. The molecule has 0 spiro atoms. The number of amides is 1. The molecule has 5 heteroatoms. The summed E-state index contributed by atoms with van der Waals surface area (Å²) in [6.07, 6.45) is 3.11. The number of hydrogen-bond donors (Lipinski definition) is 1. The van der Waals surface area contributed by atoms with Crippen molar-refractivity contribution in [3.63, 3.8) is 0 Å². The van der Waals surface area contributed by atoms with Crippen molar-refractivity contribution in [3.8, 4) is 0 Å². The van der Waals surface area contributed by atoms with Crippen LogP contribution in [-0.4, -0.2) is 19.0 Å². The fourth-order valence-corrected chi connectivity index (χ4v) is 4.18. The van der Waals surface area contributed by atoms with Crippen LogP contribution in [0.1, 0.15) is 44.5 Å². The van der Waals surface area contributed by atoms with Gasteiger partial charge in [-0.25, -0.2) is 4.79 Å². The molecule has 0 saturated heterocycles. The summed E-state index contributed by atoms with van der Waals surface area (Å²) in [5.41, 5.74) is 2.74. The van der Waals surface area contributed by atoms with Gasteiger partial charge in [0.05, 0.1) is 23.9 Å². The van der Waals surface area contributed by atoms with Crippen LogP contribution in [0.15, 0.2) is 29.6 Å². The monoisotopic (exact) mass is 329 g/mol. The van der Waals surface area contributed by atoms with Crippen molar-refractivity contribution in [2.24, 2.45) is 5.92 Å². The molecule has 1 heterocycles. The van der Waals surface area contributed by atoms with Gasteiger partial charge in [-0.1, -0.05) is 19.1 Å². The van der Waals surface area contributed by atoms with E-state index in [9.17, 15) is 9.59 Å². The van der Waals surface area contributed by atoms with E-state index in [1.807, 2.05) is 5.38 Å². The van der Waals surface area contributed by atoms with Crippen LogP contribution < -0.4 is 5.32 Å². The van der Waals surface area contributed by atoms with Crippen LogP contribution in [0.5, 0.6) is 0 Å². The quantitative estimate of drug-likeness (QED) is 0.869. The minimum absolute atomic E-state index is 0.159. The van der Waals surface area contributed by atoms with Gasteiger partial charge in [-0.2, -0.15) is 0 Å². The largest absolute Gasteiger partial charge is 0.465 e. The van der Waals surface area contributed by atoms with Gasteiger partial charge in [0.2, 0.25) is 0 Å². The highest BCUT2D eigenvalue weighted by molar-refractivity contribution is 7.10. The van der Waals surface area contributed by atoms with E-state index in [1.165, 1.54) is 17.6 Å². The molecule has 0 unspecified atom stereocenters. The van der Waals surface area contributed by atoms with Crippen LogP contribution in [0.3, 0.4) is 0 Å². The average molecular weight is 329 g/mol. The van der Waals surface area contributed by atoms with Crippen molar-refractivity contribution in [2.75, 3.05) is 12.4 Å². The van der Waals surface area contributed by atoms with Gasteiger partial charge < -0.3 is 10.1 Å². The van der Waals surface area contributed by atoms with Crippen molar-refractivity contribution in [2.45, 2.75) is 26.2 Å². The minimum atomic E-state index is -0.456. The highest BCUT2D eigenvalue weighted by Crippen LogP contribution is 2.33. The van der Waals surface area contributed by atoms with Crippen molar-refractivity contribution in [3.05, 3.63) is 51.2 Å². The number of carbonyl (C=O) groups excluding carboxylic acids is 2. The number of carbonyl (C=O) groups is 2. The molecular weight excluding hydrogens is 310 g/mol. The van der Waals surface area contributed by atoms with Gasteiger partial charge in [-0.3, -0.25) is 4.79 Å². The van der Waals surface area contributed by atoms with Crippen LogP contribution in [0.2, 0.25) is 0 Å². The zero-order valence-corrected chi connectivity index (χ0v) is 14.0. The van der Waals surface area contributed by atoms with Crippen LogP contribution in [-0.2, 0) is 17.6 Å². The highest BCUT2D eigenvalue weighted by Gasteiger charge is 2.24. The van der Waals surface area contributed by atoms with E-state index < -0.39 is 5.97 Å². The van der Waals surface area contributed by atoms with E-state index in [0.717, 1.165) is 24.8 Å². The number of ether oxygens (including phenoxy) is 1.